The van der Waals surface area contributed by atoms with Crippen LogP contribution in [-0.2, 0) is 14.4 Å². The first-order valence-electron chi connectivity index (χ1n) is 3.96. The lowest BCUT2D eigenvalue weighted by molar-refractivity contribution is -0.128. The van der Waals surface area contributed by atoms with Crippen LogP contribution in [0.2, 0.25) is 0 Å². The molecule has 4 N–H and O–H groups in total. The van der Waals surface area contributed by atoms with Crippen LogP contribution >= 0.6 is 0 Å². The van der Waals surface area contributed by atoms with E-state index in [2.05, 4.69) is 10.6 Å². The van der Waals surface area contributed by atoms with Crippen LogP contribution in [0.25, 0.3) is 0 Å². The average molecular weight is 185 g/mol. The van der Waals surface area contributed by atoms with Crippen LogP contribution < -0.4 is 16.4 Å². The van der Waals surface area contributed by atoms with Crippen LogP contribution in [0, 0.1) is 0 Å². The molecule has 1 fully saturated rings. The lowest BCUT2D eigenvalue weighted by Crippen LogP contribution is -2.40. The smallest absolute Gasteiger partial charge is 0.249 e. The Morgan fingerprint density at radius 2 is 2.31 bits per heavy atom. The molecule has 6 heteroatoms. The largest absolute Gasteiger partial charge is 0.344 e. The minimum atomic E-state index is -0.716. The van der Waals surface area contributed by atoms with Crippen molar-refractivity contribution in [1.82, 2.24) is 10.6 Å². The fourth-order valence-corrected chi connectivity index (χ4v) is 1.07. The van der Waals surface area contributed by atoms with Crippen LogP contribution in [0.4, 0.5) is 0 Å². The van der Waals surface area contributed by atoms with Crippen molar-refractivity contribution < 1.29 is 14.4 Å². The van der Waals surface area contributed by atoms with Gasteiger partial charge in [-0.3, -0.25) is 19.7 Å². The summed E-state index contributed by atoms with van der Waals surface area (Å²) >= 11 is 0. The molecule has 3 amide bonds. The van der Waals surface area contributed by atoms with Crippen LogP contribution in [0.3, 0.4) is 0 Å². The normalized spacial score (nSPS) is 21.5. The second-order valence-electron chi connectivity index (χ2n) is 2.78. The molecule has 0 aromatic heterocycles. The van der Waals surface area contributed by atoms with Crippen molar-refractivity contribution in [2.24, 2.45) is 5.73 Å². The summed E-state index contributed by atoms with van der Waals surface area (Å²) in [6.07, 6.45) is 0.188. The molecule has 72 valence electrons. The van der Waals surface area contributed by atoms with Crippen molar-refractivity contribution in [1.29, 1.82) is 0 Å². The summed E-state index contributed by atoms with van der Waals surface area (Å²) in [6.45, 7) is 0.230. The summed E-state index contributed by atoms with van der Waals surface area (Å²) in [7, 11) is 0. The van der Waals surface area contributed by atoms with Crippen molar-refractivity contribution in [3.8, 4) is 0 Å². The Balaban J connectivity index is 2.41. The Labute approximate surface area is 74.8 Å². The van der Waals surface area contributed by atoms with E-state index in [1.165, 1.54) is 0 Å². The van der Waals surface area contributed by atoms with Gasteiger partial charge in [-0.2, -0.15) is 0 Å². The molecular formula is C7H11N3O3. The van der Waals surface area contributed by atoms with Gasteiger partial charge in [0.05, 0.1) is 6.42 Å². The Morgan fingerprint density at radius 3 is 2.77 bits per heavy atom. The quantitative estimate of drug-likeness (QED) is 0.437. The number of nitrogens with one attached hydrogen (secondary N) is 2. The zero-order valence-corrected chi connectivity index (χ0v) is 7.00. The molecule has 1 rings (SSSR count). The van der Waals surface area contributed by atoms with E-state index in [0.29, 0.717) is 0 Å². The predicted octanol–water partition coefficient (Wildman–Crippen LogP) is -2.13. The van der Waals surface area contributed by atoms with Crippen molar-refractivity contribution in [2.75, 3.05) is 6.54 Å². The highest BCUT2D eigenvalue weighted by Crippen LogP contribution is 2.00. The van der Waals surface area contributed by atoms with Gasteiger partial charge in [-0.1, -0.05) is 0 Å². The van der Waals surface area contributed by atoms with E-state index in [9.17, 15) is 14.4 Å². The Bertz CT molecular complexity index is 251. The fourth-order valence-electron chi connectivity index (χ4n) is 1.07. The summed E-state index contributed by atoms with van der Waals surface area (Å²) in [5.41, 5.74) is 5.14. The second-order valence-corrected chi connectivity index (χ2v) is 2.78. The highest BCUT2D eigenvalue weighted by molar-refractivity contribution is 6.06. The molecule has 0 spiro atoms. The van der Waals surface area contributed by atoms with E-state index >= 15 is 0 Å². The van der Waals surface area contributed by atoms with Gasteiger partial charge in [-0.25, -0.2) is 0 Å². The van der Waals surface area contributed by atoms with Gasteiger partial charge in [0.2, 0.25) is 17.7 Å². The SMILES string of the molecule is NCCC(=O)NC1CC(=O)NC1=O. The molecule has 13 heavy (non-hydrogen) atoms. The molecule has 1 unspecified atom stereocenters. The van der Waals surface area contributed by atoms with Crippen LogP contribution in [0.5, 0.6) is 0 Å². The summed E-state index contributed by atoms with van der Waals surface area (Å²) < 4.78 is 0. The third-order valence-corrected chi connectivity index (χ3v) is 1.68. The Morgan fingerprint density at radius 1 is 1.62 bits per heavy atom. The molecule has 1 aliphatic rings. The zero-order valence-electron chi connectivity index (χ0n) is 7.00. The molecule has 0 saturated carbocycles. The molecule has 0 bridgehead atoms. The van der Waals surface area contributed by atoms with Crippen LogP contribution in [0.1, 0.15) is 12.8 Å². The predicted molar refractivity (Wildman–Crippen MR) is 43.4 cm³/mol. The van der Waals surface area contributed by atoms with Crippen molar-refractivity contribution in [2.45, 2.75) is 18.9 Å². The van der Waals surface area contributed by atoms with Gasteiger partial charge in [0.25, 0.3) is 0 Å². The maximum absolute atomic E-state index is 11.0. The Hall–Kier alpha value is -1.43. The maximum Gasteiger partial charge on any atom is 0.249 e. The molecular weight excluding hydrogens is 174 g/mol. The number of imide groups is 1. The molecule has 0 aliphatic carbocycles. The van der Waals surface area contributed by atoms with Gasteiger partial charge in [0.15, 0.2) is 0 Å². The molecule has 0 aromatic rings. The first kappa shape index (κ1) is 9.66. The third-order valence-electron chi connectivity index (χ3n) is 1.68. The summed E-state index contributed by atoms with van der Waals surface area (Å²) in [6, 6.07) is -0.716. The second kappa shape index (κ2) is 3.99. The summed E-state index contributed by atoms with van der Waals surface area (Å²) in [5.74, 6) is -1.12. The summed E-state index contributed by atoms with van der Waals surface area (Å²) in [5, 5.41) is 4.50. The van der Waals surface area contributed by atoms with E-state index in [4.69, 9.17) is 5.73 Å². The number of nitrogens with two attached hydrogens (primary N) is 1. The number of rotatable bonds is 3. The third kappa shape index (κ3) is 2.51. The Kier molecular flexibility index (Phi) is 2.97. The number of hydrogen-bond acceptors (Lipinski definition) is 4. The van der Waals surface area contributed by atoms with Crippen LogP contribution in [0.15, 0.2) is 0 Å². The molecule has 1 saturated heterocycles. The van der Waals surface area contributed by atoms with Crippen molar-refractivity contribution >= 4 is 17.7 Å². The molecule has 0 radical (unpaired) electrons. The molecule has 6 nitrogen and oxygen atoms in total. The van der Waals surface area contributed by atoms with E-state index in [1.54, 1.807) is 0 Å². The standard InChI is InChI=1S/C7H11N3O3/c8-2-1-5(11)9-4-3-6(12)10-7(4)13/h4H,1-3,8H2,(H,9,11)(H,10,12,13). The van der Waals surface area contributed by atoms with E-state index in [-0.39, 0.29) is 31.2 Å². The average Bonchev–Trinajstić information content (AvgIpc) is 2.30. The summed E-state index contributed by atoms with van der Waals surface area (Å²) in [4.78, 5) is 32.6. The number of hydrogen-bond donors (Lipinski definition) is 3. The highest BCUT2D eigenvalue weighted by Gasteiger charge is 2.31. The van der Waals surface area contributed by atoms with Gasteiger partial charge in [-0.15, -0.1) is 0 Å². The van der Waals surface area contributed by atoms with Gasteiger partial charge >= 0.3 is 0 Å². The van der Waals surface area contributed by atoms with E-state index < -0.39 is 11.9 Å². The zero-order chi connectivity index (χ0) is 9.84. The lowest BCUT2D eigenvalue weighted by atomic mass is 10.2. The maximum atomic E-state index is 11.0. The first-order valence-corrected chi connectivity index (χ1v) is 3.96. The van der Waals surface area contributed by atoms with E-state index in [0.717, 1.165) is 0 Å². The molecule has 0 aromatic carbocycles. The van der Waals surface area contributed by atoms with Crippen LogP contribution in [-0.4, -0.2) is 30.3 Å². The number of carbonyl (C=O) groups excluding carboxylic acids is 3. The van der Waals surface area contributed by atoms with Gasteiger partial charge in [0.1, 0.15) is 6.04 Å². The van der Waals surface area contributed by atoms with Crippen molar-refractivity contribution in [3.05, 3.63) is 0 Å². The minimum Gasteiger partial charge on any atom is -0.344 e. The van der Waals surface area contributed by atoms with E-state index in [1.807, 2.05) is 0 Å². The molecule has 1 atom stereocenters. The topological polar surface area (TPSA) is 101 Å². The van der Waals surface area contributed by atoms with Gasteiger partial charge < -0.3 is 11.1 Å². The highest BCUT2D eigenvalue weighted by atomic mass is 16.2. The first-order chi connectivity index (χ1) is 6.13. The minimum absolute atomic E-state index is 0.0230. The number of amides is 3. The van der Waals surface area contributed by atoms with Gasteiger partial charge in [-0.05, 0) is 0 Å². The molecule has 1 heterocycles. The molecule has 1 aliphatic heterocycles. The number of carbonyl (C=O) groups is 3. The fraction of sp³-hybridized carbons (Fsp3) is 0.571. The van der Waals surface area contributed by atoms with Crippen molar-refractivity contribution in [3.63, 3.8) is 0 Å². The van der Waals surface area contributed by atoms with Gasteiger partial charge in [0, 0.05) is 13.0 Å². The lowest BCUT2D eigenvalue weighted by Gasteiger charge is -2.07. The monoisotopic (exact) mass is 185 g/mol.